The third-order valence-electron chi connectivity index (χ3n) is 15.8. The molecule has 4 aromatic carbocycles. The van der Waals surface area contributed by atoms with Crippen LogP contribution in [0.25, 0.3) is 11.1 Å². The highest BCUT2D eigenvalue weighted by Gasteiger charge is 2.74. The number of hydrogen-bond acceptors (Lipinski definition) is 6. The van der Waals surface area contributed by atoms with E-state index in [1.54, 1.807) is 31.4 Å². The van der Waals surface area contributed by atoms with Crippen molar-refractivity contribution in [3.05, 3.63) is 138 Å². The van der Waals surface area contributed by atoms with Gasteiger partial charge in [0.05, 0.1) is 25.4 Å². The molecule has 2 amide bonds. The van der Waals surface area contributed by atoms with E-state index in [1.165, 1.54) is 29.2 Å². The van der Waals surface area contributed by atoms with Crippen molar-refractivity contribution in [3.63, 3.8) is 0 Å². The van der Waals surface area contributed by atoms with Gasteiger partial charge in [-0.15, -0.1) is 13.2 Å². The number of methoxy groups -OCH3 is 1. The van der Waals surface area contributed by atoms with Crippen molar-refractivity contribution in [3.8, 4) is 22.6 Å². The number of fused-ring (bicyclic) bond motifs is 1. The Kier molecular flexibility index (Phi) is 10.3. The molecule has 0 aromatic heterocycles. The zero-order valence-electron chi connectivity index (χ0n) is 35.3. The first kappa shape index (κ1) is 41.9. The summed E-state index contributed by atoms with van der Waals surface area (Å²) < 4.78 is 48.4. The molecule has 8 nitrogen and oxygen atoms in total. The van der Waals surface area contributed by atoms with Crippen LogP contribution < -0.4 is 14.8 Å². The summed E-state index contributed by atoms with van der Waals surface area (Å²) in [5.41, 5.74) is 0.864. The van der Waals surface area contributed by atoms with Crippen LogP contribution in [0.3, 0.4) is 0 Å². The van der Waals surface area contributed by atoms with Gasteiger partial charge in [0, 0.05) is 39.6 Å². The average molecular weight is 847 g/mol. The Morgan fingerprint density at radius 3 is 2.10 bits per heavy atom. The lowest BCUT2D eigenvalue weighted by Crippen LogP contribution is -2.67. The average Bonchev–Trinajstić information content (AvgIpc) is 3.53. The maximum atomic E-state index is 15.2. The number of amides is 2. The van der Waals surface area contributed by atoms with E-state index in [9.17, 15) is 28.2 Å². The van der Waals surface area contributed by atoms with Crippen LogP contribution in [0.5, 0.6) is 11.5 Å². The molecule has 4 aromatic rings. The number of rotatable bonds is 10. The Bertz CT molecular complexity index is 2400. The number of ether oxygens (including phenoxy) is 2. The Labute approximate surface area is 360 Å². The van der Waals surface area contributed by atoms with E-state index in [-0.39, 0.29) is 41.9 Å². The van der Waals surface area contributed by atoms with Gasteiger partial charge in [0.15, 0.2) is 5.78 Å². The molecule has 3 saturated carbocycles. The second-order valence-corrected chi connectivity index (χ2v) is 18.8. The fourth-order valence-corrected chi connectivity index (χ4v) is 12.6. The molecule has 2 spiro atoms. The van der Waals surface area contributed by atoms with E-state index in [2.05, 4.69) is 42.1 Å². The highest BCUT2D eigenvalue weighted by molar-refractivity contribution is 6.10. The van der Waals surface area contributed by atoms with Gasteiger partial charge in [-0.2, -0.15) is 0 Å². The van der Waals surface area contributed by atoms with Crippen LogP contribution >= 0.6 is 0 Å². The number of allylic oxidation sites excluding steroid dienone is 4. The van der Waals surface area contributed by atoms with Crippen molar-refractivity contribution in [1.82, 2.24) is 4.90 Å². The molecule has 0 aliphatic heterocycles. The summed E-state index contributed by atoms with van der Waals surface area (Å²) in [6, 6.07) is 29.6. The molecule has 324 valence electrons. The summed E-state index contributed by atoms with van der Waals surface area (Å²) >= 11 is 0. The molecule has 8 unspecified atom stereocenters. The molecule has 62 heavy (non-hydrogen) atoms. The number of carbonyl (C=O) groups is 2. The van der Waals surface area contributed by atoms with Crippen LogP contribution in [-0.4, -0.2) is 58.6 Å². The number of aliphatic hydroxyl groups excluding tert-OH is 1. The lowest BCUT2D eigenvalue weighted by Gasteiger charge is -2.71. The van der Waals surface area contributed by atoms with Gasteiger partial charge in [-0.25, -0.2) is 4.79 Å². The van der Waals surface area contributed by atoms with Gasteiger partial charge in [0.2, 0.25) is 0 Å². The minimum atomic E-state index is -4.85. The van der Waals surface area contributed by atoms with Crippen molar-refractivity contribution in [2.45, 2.75) is 83.4 Å². The number of ketones is 1. The predicted molar refractivity (Wildman–Crippen MR) is 230 cm³/mol. The van der Waals surface area contributed by atoms with Gasteiger partial charge in [0.1, 0.15) is 11.5 Å². The number of Topliss-reactive ketones (excluding diaryl/α,β-unsaturated/α-hetero) is 1. The summed E-state index contributed by atoms with van der Waals surface area (Å²) in [5.74, 6) is 0.105. The molecule has 0 saturated heterocycles. The number of alkyl halides is 3. The topological polar surface area (TPSA) is 108 Å². The SMILES string of the molecule is COc1ccc(NC(=O)N(Cc2ccc(OC(F)(F)F)cc2)CC2(O)CCC3C45C=CC6(C=C4C(=O)c4ccc(-c7ccccc7)cc4)CC(O)CCC6(C)C5CCC32C)cc1. The second kappa shape index (κ2) is 15.2. The van der Waals surface area contributed by atoms with Crippen LogP contribution in [0.4, 0.5) is 23.7 Å². The number of carbonyl (C=O) groups excluding carboxylic acids is 2. The van der Waals surface area contributed by atoms with E-state index >= 15 is 4.79 Å². The van der Waals surface area contributed by atoms with Gasteiger partial charge in [-0.1, -0.05) is 98.8 Å². The first-order chi connectivity index (χ1) is 29.5. The predicted octanol–water partition coefficient (Wildman–Crippen LogP) is 10.8. The van der Waals surface area contributed by atoms with Crippen molar-refractivity contribution in [2.75, 3.05) is 19.0 Å². The standard InChI is InChI=1S/C51H53F3N2O6/c1-46-24-21-38(57)29-48(46)27-28-50(41(30-48)44(58)36-13-11-35(12-14-36)34-7-5-4-6-8-34)42(46)22-25-47(2)43(50)23-26-49(47,60)32-56(45(59)55-37-15-19-39(61-3)20-16-37)31-33-9-17-40(18-10-33)62-51(52,53)54/h4-20,27-28,30,38,42-43,57,60H,21-26,29,31-32H2,1-3H3,(H,55,59). The lowest BCUT2D eigenvalue weighted by molar-refractivity contribution is -0.274. The molecule has 8 atom stereocenters. The minimum absolute atomic E-state index is 0.00343. The Morgan fingerprint density at radius 1 is 0.790 bits per heavy atom. The van der Waals surface area contributed by atoms with E-state index in [0.29, 0.717) is 54.7 Å². The van der Waals surface area contributed by atoms with Gasteiger partial charge in [-0.05, 0) is 115 Å². The van der Waals surface area contributed by atoms with Crippen LogP contribution in [0.15, 0.2) is 127 Å². The van der Waals surface area contributed by atoms with Crippen LogP contribution in [0.2, 0.25) is 0 Å². The van der Waals surface area contributed by atoms with Crippen molar-refractivity contribution in [2.24, 2.45) is 33.5 Å². The lowest BCUT2D eigenvalue weighted by atomic mass is 9.32. The van der Waals surface area contributed by atoms with Crippen molar-refractivity contribution < 1.29 is 42.4 Å². The number of benzene rings is 4. The monoisotopic (exact) mass is 846 g/mol. The van der Waals surface area contributed by atoms with E-state index < -0.39 is 40.3 Å². The number of hydrogen-bond donors (Lipinski definition) is 3. The molecule has 11 heteroatoms. The van der Waals surface area contributed by atoms with Crippen LogP contribution in [0, 0.1) is 33.5 Å². The molecule has 6 aliphatic rings. The van der Waals surface area contributed by atoms with E-state index in [0.717, 1.165) is 29.5 Å². The largest absolute Gasteiger partial charge is 0.573 e. The summed E-state index contributed by atoms with van der Waals surface area (Å²) in [5, 5.41) is 27.3. The molecular weight excluding hydrogens is 794 g/mol. The van der Waals surface area contributed by atoms with Crippen LogP contribution in [0.1, 0.15) is 74.7 Å². The summed E-state index contributed by atoms with van der Waals surface area (Å²) in [7, 11) is 1.55. The number of anilines is 1. The van der Waals surface area contributed by atoms with Crippen molar-refractivity contribution in [1.29, 1.82) is 0 Å². The van der Waals surface area contributed by atoms with Crippen LogP contribution in [-0.2, 0) is 6.54 Å². The molecule has 2 bridgehead atoms. The first-order valence-electron chi connectivity index (χ1n) is 21.6. The third-order valence-corrected chi connectivity index (χ3v) is 15.8. The maximum Gasteiger partial charge on any atom is 0.573 e. The minimum Gasteiger partial charge on any atom is -0.497 e. The Hall–Kier alpha value is -5.39. The van der Waals surface area contributed by atoms with Gasteiger partial charge in [-0.3, -0.25) is 4.79 Å². The molecular formula is C51H53F3N2O6. The number of nitrogens with one attached hydrogen (secondary N) is 1. The molecule has 10 rings (SSSR count). The molecule has 0 heterocycles. The van der Waals surface area contributed by atoms with Gasteiger partial charge < -0.3 is 29.9 Å². The number of halogens is 3. The zero-order valence-corrected chi connectivity index (χ0v) is 35.3. The van der Waals surface area contributed by atoms with Crippen molar-refractivity contribution >= 4 is 17.5 Å². The quantitative estimate of drug-likeness (QED) is 0.108. The van der Waals surface area contributed by atoms with E-state index in [1.807, 2.05) is 54.6 Å². The Morgan fingerprint density at radius 2 is 1.42 bits per heavy atom. The van der Waals surface area contributed by atoms with Gasteiger partial charge >= 0.3 is 12.4 Å². The first-order valence-corrected chi connectivity index (χ1v) is 21.6. The molecule has 3 fully saturated rings. The number of nitrogens with zero attached hydrogens (tertiary/aromatic N) is 1. The normalized spacial score (nSPS) is 31.9. The Balaban J connectivity index is 1.07. The molecule has 0 radical (unpaired) electrons. The van der Waals surface area contributed by atoms with Gasteiger partial charge in [0.25, 0.3) is 0 Å². The molecule has 6 aliphatic carbocycles. The number of aliphatic hydroxyl groups is 2. The summed E-state index contributed by atoms with van der Waals surface area (Å²) in [6.07, 6.45) is 5.83. The fourth-order valence-electron chi connectivity index (χ4n) is 12.6. The second-order valence-electron chi connectivity index (χ2n) is 18.8. The summed E-state index contributed by atoms with van der Waals surface area (Å²) in [6.45, 7) is 4.39. The highest BCUT2D eigenvalue weighted by Crippen LogP contribution is 2.78. The van der Waals surface area contributed by atoms with E-state index in [4.69, 9.17) is 4.74 Å². The molecule has 3 N–H and O–H groups in total. The summed E-state index contributed by atoms with van der Waals surface area (Å²) in [4.78, 5) is 31.1. The maximum absolute atomic E-state index is 15.2. The smallest absolute Gasteiger partial charge is 0.497 e. The number of urea groups is 1. The third kappa shape index (κ3) is 6.83. The zero-order chi connectivity index (χ0) is 43.7. The highest BCUT2D eigenvalue weighted by atomic mass is 19.4. The fraction of sp³-hybridized carbons (Fsp3) is 0.412.